The Bertz CT molecular complexity index is 1450. The minimum absolute atomic E-state index is 0.0442. The van der Waals surface area contributed by atoms with Crippen molar-refractivity contribution in [3.8, 4) is 34.5 Å². The molecule has 41 heavy (non-hydrogen) atoms. The van der Waals surface area contributed by atoms with E-state index >= 15 is 4.39 Å². The number of hydrogen-bond donors (Lipinski definition) is 1. The van der Waals surface area contributed by atoms with Crippen molar-refractivity contribution in [2.45, 2.75) is 17.9 Å². The highest BCUT2D eigenvalue weighted by Gasteiger charge is 2.44. The lowest BCUT2D eigenvalue weighted by atomic mass is 9.71. The maximum Gasteiger partial charge on any atom is 0.217 e. The van der Waals surface area contributed by atoms with Gasteiger partial charge >= 0.3 is 0 Å². The van der Waals surface area contributed by atoms with E-state index in [-0.39, 0.29) is 35.4 Å². The van der Waals surface area contributed by atoms with Crippen LogP contribution >= 0.6 is 0 Å². The molecular weight excluding hydrogens is 527 g/mol. The van der Waals surface area contributed by atoms with Crippen molar-refractivity contribution in [1.29, 1.82) is 0 Å². The number of nitrogens with zero attached hydrogens (tertiary/aromatic N) is 4. The van der Waals surface area contributed by atoms with E-state index in [9.17, 15) is 5.11 Å². The van der Waals surface area contributed by atoms with E-state index < -0.39 is 17.3 Å². The summed E-state index contributed by atoms with van der Waals surface area (Å²) >= 11 is 0. The fraction of sp³-hybridized carbons (Fsp3) is 0.323. The molecule has 0 fully saturated rings. The fourth-order valence-corrected chi connectivity index (χ4v) is 4.92. The second-order valence-electron chi connectivity index (χ2n) is 9.78. The summed E-state index contributed by atoms with van der Waals surface area (Å²) in [5, 5.41) is 12.9. The predicted octanol–water partition coefficient (Wildman–Crippen LogP) is 4.68. The molecule has 1 N–H and O–H groups in total. The molecule has 3 heterocycles. The smallest absolute Gasteiger partial charge is 0.217 e. The first kappa shape index (κ1) is 29.7. The molecule has 10 heteroatoms. The van der Waals surface area contributed by atoms with Crippen molar-refractivity contribution in [2.24, 2.45) is 0 Å². The van der Waals surface area contributed by atoms with Crippen LogP contribution in [0.25, 0.3) is 11.1 Å². The molecule has 0 aliphatic carbocycles. The normalized spacial score (nSPS) is 13.4. The maximum absolute atomic E-state index is 16.2. The van der Waals surface area contributed by atoms with Gasteiger partial charge in [-0.3, -0.25) is 4.98 Å². The first-order valence-corrected chi connectivity index (χ1v) is 13.0. The Morgan fingerprint density at radius 2 is 1.61 bits per heavy atom. The highest BCUT2D eigenvalue weighted by atomic mass is 19.1. The van der Waals surface area contributed by atoms with Gasteiger partial charge in [-0.2, -0.15) is 4.98 Å². The molecule has 4 aromatic rings. The molecule has 0 radical (unpaired) electrons. The number of benzene rings is 1. The summed E-state index contributed by atoms with van der Waals surface area (Å²) in [5.74, 6) is -0.870. The van der Waals surface area contributed by atoms with Crippen molar-refractivity contribution in [2.75, 3.05) is 49.1 Å². The summed E-state index contributed by atoms with van der Waals surface area (Å²) in [5.41, 5.74) is 0.883. The molecule has 2 atom stereocenters. The summed E-state index contributed by atoms with van der Waals surface area (Å²) in [7, 11) is 9.66. The Balaban J connectivity index is 2.09. The van der Waals surface area contributed by atoms with E-state index in [0.29, 0.717) is 17.7 Å². The van der Waals surface area contributed by atoms with Gasteiger partial charge in [0.05, 0.1) is 34.4 Å². The highest BCUT2D eigenvalue weighted by molar-refractivity contribution is 5.64. The second-order valence-corrected chi connectivity index (χ2v) is 9.78. The maximum atomic E-state index is 16.2. The first-order valence-electron chi connectivity index (χ1n) is 13.0. The number of rotatable bonds is 12. The lowest BCUT2D eigenvalue weighted by molar-refractivity contribution is 0.00229. The van der Waals surface area contributed by atoms with Gasteiger partial charge in [0.1, 0.15) is 5.60 Å². The number of hydrogen-bond acceptors (Lipinski definition) is 9. The summed E-state index contributed by atoms with van der Waals surface area (Å²) in [6, 6.07) is 13.7. The molecule has 216 valence electrons. The topological polar surface area (TPSA) is 99.1 Å². The number of aliphatic hydroxyl groups is 1. The molecule has 1 aromatic carbocycles. The number of methoxy groups -OCH3 is 4. The van der Waals surface area contributed by atoms with Crippen LogP contribution in [0.3, 0.4) is 0 Å². The van der Waals surface area contributed by atoms with Crippen LogP contribution in [0.2, 0.25) is 0 Å². The molecule has 0 saturated heterocycles. The van der Waals surface area contributed by atoms with Crippen molar-refractivity contribution in [3.05, 3.63) is 89.6 Å². The first-order chi connectivity index (χ1) is 19.7. The van der Waals surface area contributed by atoms with Crippen LogP contribution in [0.15, 0.2) is 67.1 Å². The summed E-state index contributed by atoms with van der Waals surface area (Å²) in [6.07, 6.45) is 5.25. The molecule has 3 aromatic heterocycles. The average Bonchev–Trinajstić information content (AvgIpc) is 3.01. The van der Waals surface area contributed by atoms with E-state index in [1.807, 2.05) is 37.2 Å². The van der Waals surface area contributed by atoms with Crippen LogP contribution in [0.4, 0.5) is 4.39 Å². The Morgan fingerprint density at radius 3 is 2.20 bits per heavy atom. The van der Waals surface area contributed by atoms with Gasteiger partial charge in [-0.25, -0.2) is 9.37 Å². The molecule has 0 aliphatic heterocycles. The van der Waals surface area contributed by atoms with Gasteiger partial charge in [0, 0.05) is 59.5 Å². The Morgan fingerprint density at radius 1 is 0.878 bits per heavy atom. The molecule has 9 nitrogen and oxygen atoms in total. The fourth-order valence-electron chi connectivity index (χ4n) is 4.92. The second kappa shape index (κ2) is 12.9. The van der Waals surface area contributed by atoms with E-state index in [1.54, 1.807) is 42.9 Å². The number of halogens is 1. The minimum atomic E-state index is -1.73. The van der Waals surface area contributed by atoms with Gasteiger partial charge in [-0.1, -0.05) is 18.2 Å². The largest absolute Gasteiger partial charge is 0.494 e. The number of ether oxygens (including phenoxy) is 4. The molecule has 2 unspecified atom stereocenters. The van der Waals surface area contributed by atoms with Crippen molar-refractivity contribution in [1.82, 2.24) is 19.9 Å². The van der Waals surface area contributed by atoms with Crippen LogP contribution < -0.4 is 18.9 Å². The zero-order valence-electron chi connectivity index (χ0n) is 24.1. The zero-order chi connectivity index (χ0) is 29.6. The average molecular weight is 563 g/mol. The third kappa shape index (κ3) is 6.23. The lowest BCUT2D eigenvalue weighted by Crippen LogP contribution is -2.38. The SMILES string of the molecule is COc1cc(C(O)(CCN(C)C)C(c2cc(-c3cccnc3)cnc2OC)c2cccc(OC)c2F)cc(OC)n1. The molecule has 4 rings (SSSR count). The predicted molar refractivity (Wildman–Crippen MR) is 153 cm³/mol. The van der Waals surface area contributed by atoms with E-state index in [2.05, 4.69) is 15.0 Å². The van der Waals surface area contributed by atoms with Crippen LogP contribution in [0.5, 0.6) is 23.4 Å². The van der Waals surface area contributed by atoms with Crippen LogP contribution in [0.1, 0.15) is 29.0 Å². The minimum Gasteiger partial charge on any atom is -0.494 e. The number of aromatic nitrogens is 3. The van der Waals surface area contributed by atoms with Crippen LogP contribution in [0, 0.1) is 5.82 Å². The summed E-state index contributed by atoms with van der Waals surface area (Å²) < 4.78 is 38.2. The third-order valence-electron chi connectivity index (χ3n) is 7.02. The Hall–Kier alpha value is -4.28. The van der Waals surface area contributed by atoms with E-state index in [0.717, 1.165) is 11.1 Å². The van der Waals surface area contributed by atoms with Crippen molar-refractivity contribution in [3.63, 3.8) is 0 Å². The van der Waals surface area contributed by atoms with Gasteiger partial charge in [-0.15, -0.1) is 0 Å². The molecule has 0 amide bonds. The highest BCUT2D eigenvalue weighted by Crippen LogP contribution is 2.49. The summed E-state index contributed by atoms with van der Waals surface area (Å²) in [4.78, 5) is 15.1. The van der Waals surface area contributed by atoms with Gasteiger partial charge < -0.3 is 29.0 Å². The lowest BCUT2D eigenvalue weighted by Gasteiger charge is -2.39. The van der Waals surface area contributed by atoms with Crippen molar-refractivity contribution < 1.29 is 28.4 Å². The van der Waals surface area contributed by atoms with Gasteiger partial charge in [0.2, 0.25) is 17.6 Å². The molecule has 0 bridgehead atoms. The molecular formula is C31H35FN4O5. The third-order valence-corrected chi connectivity index (χ3v) is 7.02. The Labute approximate surface area is 239 Å². The quantitative estimate of drug-likeness (QED) is 0.264. The standard InChI is InChI=1S/C31H35FN4O5/c1-36(2)14-12-31(37,22-16-26(39-4)35-27(17-22)40-5)28(23-10-7-11-25(38-3)29(23)32)24-15-21(19-34-30(24)41-6)20-9-8-13-33-18-20/h7-11,13,15-19,28,37H,12,14H2,1-6H3. The molecule has 0 aliphatic rings. The Kier molecular flexibility index (Phi) is 9.36. The van der Waals surface area contributed by atoms with Crippen molar-refractivity contribution >= 4 is 0 Å². The van der Waals surface area contributed by atoms with Crippen LogP contribution in [-0.4, -0.2) is 74.0 Å². The molecule has 0 saturated carbocycles. The molecule has 0 spiro atoms. The van der Waals surface area contributed by atoms with E-state index in [4.69, 9.17) is 18.9 Å². The summed E-state index contributed by atoms with van der Waals surface area (Å²) in [6.45, 7) is 0.462. The van der Waals surface area contributed by atoms with E-state index in [1.165, 1.54) is 34.5 Å². The zero-order valence-corrected chi connectivity index (χ0v) is 24.1. The van der Waals surface area contributed by atoms with Crippen LogP contribution in [-0.2, 0) is 5.60 Å². The van der Waals surface area contributed by atoms with Gasteiger partial charge in [0.25, 0.3) is 0 Å². The van der Waals surface area contributed by atoms with Gasteiger partial charge in [-0.05, 0) is 44.3 Å². The van der Waals surface area contributed by atoms with Gasteiger partial charge in [0.15, 0.2) is 11.6 Å². The monoisotopic (exact) mass is 562 g/mol. The number of pyridine rings is 3.